The van der Waals surface area contributed by atoms with E-state index in [0.717, 1.165) is 12.1 Å². The minimum Gasteiger partial charge on any atom is -0.347 e. The third kappa shape index (κ3) is 1.96. The maximum Gasteiger partial charge on any atom is 0.216 e. The van der Waals surface area contributed by atoms with Crippen LogP contribution in [-0.4, -0.2) is 5.16 Å². The molecule has 0 atom stereocenters. The van der Waals surface area contributed by atoms with Crippen LogP contribution in [0, 0.1) is 11.6 Å². The van der Waals surface area contributed by atoms with Gasteiger partial charge in [-0.15, -0.1) is 0 Å². The third-order valence-electron chi connectivity index (χ3n) is 1.79. The van der Waals surface area contributed by atoms with Gasteiger partial charge in [0.1, 0.15) is 5.69 Å². The second-order valence-corrected chi connectivity index (χ2v) is 4.26. The van der Waals surface area contributed by atoms with E-state index in [0.29, 0.717) is 20.4 Å². The summed E-state index contributed by atoms with van der Waals surface area (Å²) in [6.45, 7) is 0. The maximum atomic E-state index is 12.9. The van der Waals surface area contributed by atoms with Gasteiger partial charge >= 0.3 is 0 Å². The minimum absolute atomic E-state index is 0.405. The summed E-state index contributed by atoms with van der Waals surface area (Å²) in [6.07, 6.45) is 0. The van der Waals surface area contributed by atoms with Crippen molar-refractivity contribution in [3.63, 3.8) is 0 Å². The highest BCUT2D eigenvalue weighted by atomic mass is 79.9. The molecule has 1 heterocycles. The van der Waals surface area contributed by atoms with Gasteiger partial charge in [0.25, 0.3) is 0 Å². The van der Waals surface area contributed by atoms with E-state index in [9.17, 15) is 8.78 Å². The first-order valence-corrected chi connectivity index (χ1v) is 5.44. The first-order valence-electron chi connectivity index (χ1n) is 3.85. The number of hydrogen-bond acceptors (Lipinski definition) is 2. The summed E-state index contributed by atoms with van der Waals surface area (Å²) in [7, 11) is 0. The quantitative estimate of drug-likeness (QED) is 0.780. The molecule has 0 aliphatic rings. The van der Waals surface area contributed by atoms with Gasteiger partial charge in [-0.25, -0.2) is 8.78 Å². The van der Waals surface area contributed by atoms with Crippen molar-refractivity contribution in [3.8, 4) is 11.3 Å². The molecule has 0 bridgehead atoms. The second-order valence-electron chi connectivity index (χ2n) is 2.75. The Morgan fingerprint density at radius 2 is 1.87 bits per heavy atom. The van der Waals surface area contributed by atoms with Gasteiger partial charge in [0.15, 0.2) is 11.6 Å². The van der Waals surface area contributed by atoms with Crippen LogP contribution >= 0.6 is 31.9 Å². The number of benzene rings is 1. The summed E-state index contributed by atoms with van der Waals surface area (Å²) >= 11 is 6.31. The molecule has 0 amide bonds. The number of aromatic nitrogens is 1. The Hall–Kier alpha value is -0.750. The number of halogens is 4. The van der Waals surface area contributed by atoms with Crippen LogP contribution in [0.25, 0.3) is 11.3 Å². The van der Waals surface area contributed by atoms with E-state index < -0.39 is 11.6 Å². The summed E-state index contributed by atoms with van der Waals surface area (Å²) in [5.74, 6) is -1.81. The van der Waals surface area contributed by atoms with Gasteiger partial charge in [-0.2, -0.15) is 0 Å². The fourth-order valence-corrected chi connectivity index (χ4v) is 1.72. The van der Waals surface area contributed by atoms with Gasteiger partial charge in [-0.3, -0.25) is 0 Å². The summed E-state index contributed by atoms with van der Waals surface area (Å²) in [4.78, 5) is 0. The van der Waals surface area contributed by atoms with Crippen LogP contribution < -0.4 is 0 Å². The third-order valence-corrected chi connectivity index (χ3v) is 3.60. The Balaban J connectivity index is 2.55. The molecule has 0 N–H and O–H groups in total. The van der Waals surface area contributed by atoms with Gasteiger partial charge in [0, 0.05) is 5.56 Å². The molecule has 0 spiro atoms. The molecule has 0 saturated heterocycles. The van der Waals surface area contributed by atoms with Crippen molar-refractivity contribution in [1.82, 2.24) is 5.16 Å². The zero-order valence-corrected chi connectivity index (χ0v) is 10.3. The Kier molecular flexibility index (Phi) is 2.88. The molecule has 2 nitrogen and oxygen atoms in total. The molecule has 0 unspecified atom stereocenters. The summed E-state index contributed by atoms with van der Waals surface area (Å²) in [5.41, 5.74) is 0.857. The van der Waals surface area contributed by atoms with E-state index in [1.165, 1.54) is 6.07 Å². The highest BCUT2D eigenvalue weighted by molar-refractivity contribution is 9.13. The fourth-order valence-electron chi connectivity index (χ4n) is 1.08. The first kappa shape index (κ1) is 10.8. The number of hydrogen-bond donors (Lipinski definition) is 0. The molecule has 0 radical (unpaired) electrons. The van der Waals surface area contributed by atoms with E-state index in [2.05, 4.69) is 37.0 Å². The standard InChI is InChI=1S/C9H3Br2F2NO/c10-7-8(14-15-9(7)11)4-1-2-5(12)6(13)3-4/h1-3H. The van der Waals surface area contributed by atoms with Crippen molar-refractivity contribution < 1.29 is 13.3 Å². The molecule has 0 fully saturated rings. The Bertz CT molecular complexity index is 513. The maximum absolute atomic E-state index is 12.9. The van der Waals surface area contributed by atoms with E-state index in [4.69, 9.17) is 4.52 Å². The molecule has 6 heteroatoms. The van der Waals surface area contributed by atoms with E-state index in [1.807, 2.05) is 0 Å². The lowest BCUT2D eigenvalue weighted by molar-refractivity contribution is 0.401. The highest BCUT2D eigenvalue weighted by Crippen LogP contribution is 2.33. The molecule has 78 valence electrons. The number of nitrogens with zero attached hydrogens (tertiary/aromatic N) is 1. The molecular weight excluding hydrogens is 336 g/mol. The van der Waals surface area contributed by atoms with Crippen molar-refractivity contribution >= 4 is 31.9 Å². The summed E-state index contributed by atoms with van der Waals surface area (Å²) in [6, 6.07) is 3.53. The van der Waals surface area contributed by atoms with Crippen molar-refractivity contribution in [3.05, 3.63) is 39.0 Å². The van der Waals surface area contributed by atoms with Crippen LogP contribution in [0.15, 0.2) is 31.9 Å². The van der Waals surface area contributed by atoms with E-state index in [-0.39, 0.29) is 0 Å². The average Bonchev–Trinajstić information content (AvgIpc) is 2.53. The largest absolute Gasteiger partial charge is 0.347 e. The zero-order valence-electron chi connectivity index (χ0n) is 7.10. The molecule has 2 aromatic rings. The van der Waals surface area contributed by atoms with Crippen LogP contribution in [0.5, 0.6) is 0 Å². The Morgan fingerprint density at radius 3 is 2.40 bits per heavy atom. The monoisotopic (exact) mass is 337 g/mol. The second kappa shape index (κ2) is 4.02. The van der Waals surface area contributed by atoms with E-state index >= 15 is 0 Å². The fraction of sp³-hybridized carbons (Fsp3) is 0. The molecular formula is C9H3Br2F2NO. The zero-order chi connectivity index (χ0) is 11.0. The average molecular weight is 339 g/mol. The van der Waals surface area contributed by atoms with E-state index in [1.54, 1.807) is 0 Å². The van der Waals surface area contributed by atoms with Crippen molar-refractivity contribution in [2.75, 3.05) is 0 Å². The normalized spacial score (nSPS) is 10.7. The van der Waals surface area contributed by atoms with Crippen LogP contribution in [0.4, 0.5) is 8.78 Å². The topological polar surface area (TPSA) is 26.0 Å². The highest BCUT2D eigenvalue weighted by Gasteiger charge is 2.14. The number of rotatable bonds is 1. The van der Waals surface area contributed by atoms with Gasteiger partial charge < -0.3 is 4.52 Å². The van der Waals surface area contributed by atoms with Crippen molar-refractivity contribution in [2.24, 2.45) is 0 Å². The molecule has 15 heavy (non-hydrogen) atoms. The minimum atomic E-state index is -0.918. The molecule has 2 rings (SSSR count). The van der Waals surface area contributed by atoms with Crippen molar-refractivity contribution in [2.45, 2.75) is 0 Å². The molecule has 0 aliphatic heterocycles. The summed E-state index contributed by atoms with van der Waals surface area (Å²) < 4.78 is 31.4. The lowest BCUT2D eigenvalue weighted by Crippen LogP contribution is -1.85. The summed E-state index contributed by atoms with van der Waals surface area (Å²) in [5, 5.41) is 3.70. The van der Waals surface area contributed by atoms with Gasteiger partial charge in [0.05, 0.1) is 4.47 Å². The van der Waals surface area contributed by atoms with Crippen LogP contribution in [0.1, 0.15) is 0 Å². The van der Waals surface area contributed by atoms with Gasteiger partial charge in [0.2, 0.25) is 4.67 Å². The Morgan fingerprint density at radius 1 is 1.13 bits per heavy atom. The van der Waals surface area contributed by atoms with Crippen molar-refractivity contribution in [1.29, 1.82) is 0 Å². The smallest absolute Gasteiger partial charge is 0.216 e. The predicted octanol–water partition coefficient (Wildman–Crippen LogP) is 4.14. The lowest BCUT2D eigenvalue weighted by atomic mass is 10.1. The first-order chi connectivity index (χ1) is 7.09. The van der Waals surface area contributed by atoms with Gasteiger partial charge in [-0.1, -0.05) is 5.16 Å². The molecule has 0 aliphatic carbocycles. The molecule has 1 aromatic carbocycles. The molecule has 0 saturated carbocycles. The lowest BCUT2D eigenvalue weighted by Gasteiger charge is -1.97. The van der Waals surface area contributed by atoms with Crippen LogP contribution in [0.2, 0.25) is 0 Å². The SMILES string of the molecule is Fc1ccc(-c2noc(Br)c2Br)cc1F. The van der Waals surface area contributed by atoms with Crippen LogP contribution in [0.3, 0.4) is 0 Å². The Labute approximate surface area is 101 Å². The van der Waals surface area contributed by atoms with Crippen LogP contribution in [-0.2, 0) is 0 Å². The predicted molar refractivity (Wildman–Crippen MR) is 57.3 cm³/mol. The molecule has 1 aromatic heterocycles. The van der Waals surface area contributed by atoms with Gasteiger partial charge in [-0.05, 0) is 50.1 Å².